The zero-order chi connectivity index (χ0) is 12.9. The van der Waals surface area contributed by atoms with E-state index in [9.17, 15) is 9.59 Å². The first-order valence-electron chi connectivity index (χ1n) is 3.60. The number of aliphatic carboxylic acids is 1. The number of nitrogens with two attached hydrogens (primary N) is 3. The number of urea groups is 1. The summed E-state index contributed by atoms with van der Waals surface area (Å²) in [6.07, 6.45) is 0.123. The number of amides is 3. The zero-order valence-corrected chi connectivity index (χ0v) is 8.30. The predicted molar refractivity (Wildman–Crippen MR) is 52.8 cm³/mol. The minimum absolute atomic E-state index is 0.356. The molecular weight excluding hydrogens is 206 g/mol. The molecule has 8 nitrogen and oxygen atoms in total. The molecular formula is C7H15N3O5. The molecule has 8 heteroatoms. The van der Waals surface area contributed by atoms with Gasteiger partial charge in [-0.15, -0.1) is 0 Å². The van der Waals surface area contributed by atoms with Gasteiger partial charge in [0.1, 0.15) is 0 Å². The standard InChI is InChI=1S/C3H7NO2.C3H4O2.CH4N2O/c1-2-6-3(4)5;1-2-3(4)5;2-1(3)4/h2H2,1H3,(H2,4,5);2H,1H2,(H,4,5);(H4,2,3,4). The quantitative estimate of drug-likeness (QED) is 0.456. The summed E-state index contributed by atoms with van der Waals surface area (Å²) in [5.74, 6) is -0.981. The lowest BCUT2D eigenvalue weighted by Gasteiger charge is -1.89. The topological polar surface area (TPSA) is 159 Å². The molecule has 0 aromatic carbocycles. The third kappa shape index (κ3) is 148. The molecule has 0 atom stereocenters. The Balaban J connectivity index is -0.000000147. The lowest BCUT2D eigenvalue weighted by atomic mass is 10.7. The van der Waals surface area contributed by atoms with Crippen molar-refractivity contribution in [2.75, 3.05) is 6.61 Å². The molecule has 15 heavy (non-hydrogen) atoms. The summed E-state index contributed by atoms with van der Waals surface area (Å²) in [6.45, 7) is 5.02. The first kappa shape index (κ1) is 18.5. The Hall–Kier alpha value is -2.25. The molecule has 7 N–H and O–H groups in total. The van der Waals surface area contributed by atoms with Gasteiger partial charge in [-0.25, -0.2) is 14.4 Å². The van der Waals surface area contributed by atoms with Crippen LogP contribution in [-0.2, 0) is 9.53 Å². The van der Waals surface area contributed by atoms with Gasteiger partial charge in [0.15, 0.2) is 0 Å². The average Bonchev–Trinajstić information content (AvgIpc) is 2.03. The van der Waals surface area contributed by atoms with Crippen LogP contribution in [0.5, 0.6) is 0 Å². The number of carboxylic acids is 1. The van der Waals surface area contributed by atoms with Crippen molar-refractivity contribution in [2.45, 2.75) is 6.92 Å². The highest BCUT2D eigenvalue weighted by atomic mass is 16.5. The van der Waals surface area contributed by atoms with Gasteiger partial charge in [0.2, 0.25) is 0 Å². The Kier molecular flexibility index (Phi) is 17.6. The summed E-state index contributed by atoms with van der Waals surface area (Å²) in [5, 5.41) is 7.60. The third-order valence-corrected chi connectivity index (χ3v) is 0.461. The summed E-state index contributed by atoms with van der Waals surface area (Å²) in [6, 6.07) is -0.833. The molecule has 0 radical (unpaired) electrons. The molecule has 0 aromatic rings. The number of carboxylic acid groups (broad SMARTS) is 1. The van der Waals surface area contributed by atoms with Crippen LogP contribution in [0, 0.1) is 0 Å². The van der Waals surface area contributed by atoms with E-state index < -0.39 is 18.1 Å². The Bertz CT molecular complexity index is 213. The maximum absolute atomic E-state index is 9.60. The molecule has 0 aliphatic rings. The van der Waals surface area contributed by atoms with Crippen molar-refractivity contribution in [1.29, 1.82) is 0 Å². The van der Waals surface area contributed by atoms with E-state index in [-0.39, 0.29) is 0 Å². The van der Waals surface area contributed by atoms with Crippen molar-refractivity contribution in [3.05, 3.63) is 12.7 Å². The number of carbonyl (C=O) groups is 3. The summed E-state index contributed by atoms with van der Waals surface area (Å²) in [5.41, 5.74) is 13.0. The van der Waals surface area contributed by atoms with Crippen LogP contribution >= 0.6 is 0 Å². The highest BCUT2D eigenvalue weighted by Crippen LogP contribution is 1.66. The number of carbonyl (C=O) groups excluding carboxylic acids is 2. The van der Waals surface area contributed by atoms with Crippen molar-refractivity contribution >= 4 is 18.1 Å². The normalized spacial score (nSPS) is 6.73. The Morgan fingerprint density at radius 2 is 1.60 bits per heavy atom. The first-order chi connectivity index (χ1) is 6.77. The molecule has 0 unspecified atom stereocenters. The van der Waals surface area contributed by atoms with Crippen LogP contribution in [0.1, 0.15) is 6.92 Å². The largest absolute Gasteiger partial charge is 0.478 e. The zero-order valence-electron chi connectivity index (χ0n) is 8.30. The molecule has 0 aromatic heterocycles. The van der Waals surface area contributed by atoms with Crippen LogP contribution in [0.3, 0.4) is 0 Å². The van der Waals surface area contributed by atoms with Gasteiger partial charge in [-0.05, 0) is 6.92 Å². The van der Waals surface area contributed by atoms with Crippen LogP contribution in [0.15, 0.2) is 12.7 Å². The Morgan fingerprint density at radius 1 is 1.33 bits per heavy atom. The number of ether oxygens (including phenoxy) is 1. The fourth-order valence-electron chi connectivity index (χ4n) is 0.142. The molecule has 0 bridgehead atoms. The molecule has 0 spiro atoms. The van der Waals surface area contributed by atoms with E-state index in [0.717, 1.165) is 6.08 Å². The molecule has 0 saturated carbocycles. The average molecular weight is 221 g/mol. The van der Waals surface area contributed by atoms with Crippen LogP contribution in [0.2, 0.25) is 0 Å². The van der Waals surface area contributed by atoms with Gasteiger partial charge in [0, 0.05) is 6.08 Å². The second-order valence-corrected chi connectivity index (χ2v) is 1.70. The van der Waals surface area contributed by atoms with Gasteiger partial charge >= 0.3 is 18.1 Å². The molecule has 0 fully saturated rings. The van der Waals surface area contributed by atoms with Gasteiger partial charge in [0.25, 0.3) is 0 Å². The molecule has 3 amide bonds. The lowest BCUT2D eigenvalue weighted by Crippen LogP contribution is -2.18. The van der Waals surface area contributed by atoms with Crippen LogP contribution in [-0.4, -0.2) is 29.8 Å². The van der Waals surface area contributed by atoms with Crippen LogP contribution in [0.25, 0.3) is 0 Å². The molecule has 0 saturated heterocycles. The minimum atomic E-state index is -0.981. The summed E-state index contributed by atoms with van der Waals surface area (Å²) >= 11 is 0. The lowest BCUT2D eigenvalue weighted by molar-refractivity contribution is -0.131. The maximum Gasteiger partial charge on any atom is 0.404 e. The van der Waals surface area contributed by atoms with Crippen molar-refractivity contribution < 1.29 is 24.2 Å². The summed E-state index contributed by atoms with van der Waals surface area (Å²) < 4.78 is 4.18. The highest BCUT2D eigenvalue weighted by Gasteiger charge is 1.82. The van der Waals surface area contributed by atoms with E-state index >= 15 is 0 Å². The van der Waals surface area contributed by atoms with Crippen molar-refractivity contribution in [2.24, 2.45) is 17.2 Å². The van der Waals surface area contributed by atoms with Crippen LogP contribution < -0.4 is 17.2 Å². The maximum atomic E-state index is 9.60. The van der Waals surface area contributed by atoms with Crippen LogP contribution in [0.4, 0.5) is 9.59 Å². The molecule has 0 aliphatic carbocycles. The van der Waals surface area contributed by atoms with Gasteiger partial charge in [-0.2, -0.15) is 0 Å². The van der Waals surface area contributed by atoms with Gasteiger partial charge in [-0.1, -0.05) is 6.58 Å². The van der Waals surface area contributed by atoms with Gasteiger partial charge in [-0.3, -0.25) is 0 Å². The van der Waals surface area contributed by atoms with Crippen molar-refractivity contribution in [1.82, 2.24) is 0 Å². The summed E-state index contributed by atoms with van der Waals surface area (Å²) in [4.78, 5) is 27.8. The number of rotatable bonds is 2. The minimum Gasteiger partial charge on any atom is -0.478 e. The fourth-order valence-corrected chi connectivity index (χ4v) is 0.142. The third-order valence-electron chi connectivity index (χ3n) is 0.461. The van der Waals surface area contributed by atoms with Gasteiger partial charge in [0.05, 0.1) is 6.61 Å². The second kappa shape index (κ2) is 14.3. The van der Waals surface area contributed by atoms with E-state index in [2.05, 4.69) is 28.5 Å². The number of hydrogen-bond donors (Lipinski definition) is 4. The second-order valence-electron chi connectivity index (χ2n) is 1.70. The van der Waals surface area contributed by atoms with E-state index in [0.29, 0.717) is 6.61 Å². The molecule has 0 rings (SSSR count). The van der Waals surface area contributed by atoms with Crippen molar-refractivity contribution in [3.63, 3.8) is 0 Å². The first-order valence-corrected chi connectivity index (χ1v) is 3.60. The molecule has 88 valence electrons. The number of primary amides is 3. The van der Waals surface area contributed by atoms with E-state index in [1.54, 1.807) is 6.92 Å². The van der Waals surface area contributed by atoms with E-state index in [1.165, 1.54) is 0 Å². The Labute approximate surface area is 86.7 Å². The van der Waals surface area contributed by atoms with Gasteiger partial charge < -0.3 is 27.0 Å². The highest BCUT2D eigenvalue weighted by molar-refractivity contribution is 5.78. The van der Waals surface area contributed by atoms with E-state index in [4.69, 9.17) is 9.90 Å². The van der Waals surface area contributed by atoms with Crippen molar-refractivity contribution in [3.8, 4) is 0 Å². The van der Waals surface area contributed by atoms with E-state index in [1.807, 2.05) is 0 Å². The molecule has 0 aliphatic heterocycles. The molecule has 0 heterocycles. The smallest absolute Gasteiger partial charge is 0.404 e. The Morgan fingerprint density at radius 3 is 1.60 bits per heavy atom. The fraction of sp³-hybridized carbons (Fsp3) is 0.286. The predicted octanol–water partition coefficient (Wildman–Crippen LogP) is -0.618. The number of hydrogen-bond acceptors (Lipinski definition) is 4. The monoisotopic (exact) mass is 221 g/mol. The SMILES string of the molecule is C=CC(=O)O.CCOC(N)=O.NC(N)=O. The summed E-state index contributed by atoms with van der Waals surface area (Å²) in [7, 11) is 0.